The van der Waals surface area contributed by atoms with Gasteiger partial charge in [0.15, 0.2) is 0 Å². The van der Waals surface area contributed by atoms with E-state index in [9.17, 15) is 22.8 Å². The molecule has 196 valence electrons. The van der Waals surface area contributed by atoms with E-state index in [0.29, 0.717) is 12.8 Å². The van der Waals surface area contributed by atoms with E-state index < -0.39 is 45.9 Å². The van der Waals surface area contributed by atoms with Crippen molar-refractivity contribution in [1.29, 1.82) is 0 Å². The van der Waals surface area contributed by atoms with Gasteiger partial charge in [0.2, 0.25) is 15.9 Å². The van der Waals surface area contributed by atoms with E-state index in [2.05, 4.69) is 4.72 Å². The molecule has 1 fully saturated rings. The molecule has 1 atom stereocenters. The van der Waals surface area contributed by atoms with Gasteiger partial charge in [0.1, 0.15) is 18.2 Å². The number of esters is 2. The van der Waals surface area contributed by atoms with Gasteiger partial charge in [0.05, 0.1) is 17.9 Å². The third-order valence-electron chi connectivity index (χ3n) is 5.29. The van der Waals surface area contributed by atoms with Gasteiger partial charge in [0.25, 0.3) is 0 Å². The molecule has 1 aliphatic rings. The van der Waals surface area contributed by atoms with E-state index in [1.807, 2.05) is 20.8 Å². The Balaban J connectivity index is 2.33. The van der Waals surface area contributed by atoms with Gasteiger partial charge in [-0.25, -0.2) is 8.42 Å². The summed E-state index contributed by atoms with van der Waals surface area (Å²) in [4.78, 5) is 39.4. The molecule has 1 aromatic carbocycles. The number of nitrogens with zero attached hydrogens (tertiary/aromatic N) is 1. The molecule has 0 spiro atoms. The number of nitrogens with one attached hydrogen (secondary N) is 1. The lowest BCUT2D eigenvalue weighted by Gasteiger charge is -2.28. The van der Waals surface area contributed by atoms with Crippen molar-refractivity contribution in [2.24, 2.45) is 0 Å². The summed E-state index contributed by atoms with van der Waals surface area (Å²) in [5.41, 5.74) is -0.0249. The lowest BCUT2D eigenvalue weighted by Crippen LogP contribution is -2.52. The lowest BCUT2D eigenvalue weighted by atomic mass is 9.87. The van der Waals surface area contributed by atoms with E-state index in [4.69, 9.17) is 9.47 Å². The summed E-state index contributed by atoms with van der Waals surface area (Å²) in [6.07, 6.45) is 0.859. The number of amides is 1. The van der Waals surface area contributed by atoms with Crippen molar-refractivity contribution in [3.05, 3.63) is 29.8 Å². The van der Waals surface area contributed by atoms with Crippen LogP contribution in [0.25, 0.3) is 0 Å². The smallest absolute Gasteiger partial charge is 0.325 e. The maximum absolute atomic E-state index is 13.4. The maximum Gasteiger partial charge on any atom is 0.325 e. The molecule has 0 saturated heterocycles. The molecule has 0 bridgehead atoms. The van der Waals surface area contributed by atoms with Crippen molar-refractivity contribution in [3.63, 3.8) is 0 Å². The van der Waals surface area contributed by atoms with Crippen molar-refractivity contribution < 1.29 is 32.3 Å². The van der Waals surface area contributed by atoms with E-state index in [0.717, 1.165) is 5.56 Å². The van der Waals surface area contributed by atoms with Crippen LogP contribution in [-0.2, 0) is 39.3 Å². The number of ether oxygens (including phenoxy) is 2. The average Bonchev–Trinajstić information content (AvgIpc) is 3.54. The fourth-order valence-electron chi connectivity index (χ4n) is 3.44. The van der Waals surface area contributed by atoms with Crippen LogP contribution in [0.4, 0.5) is 0 Å². The highest BCUT2D eigenvalue weighted by Crippen LogP contribution is 2.28. The summed E-state index contributed by atoms with van der Waals surface area (Å²) in [6, 6.07) is 4.73. The molecule has 0 aliphatic heterocycles. The molecular formula is C25H38N2O7S. The number of hydrogen-bond donors (Lipinski definition) is 1. The highest BCUT2D eigenvalue weighted by molar-refractivity contribution is 7.89. The van der Waals surface area contributed by atoms with Crippen LogP contribution in [0.1, 0.15) is 73.3 Å². The zero-order valence-corrected chi connectivity index (χ0v) is 22.5. The molecule has 10 heteroatoms. The molecule has 1 saturated carbocycles. The molecule has 1 aromatic rings. The normalized spacial score (nSPS) is 15.3. The Labute approximate surface area is 208 Å². The second-order valence-electron chi connectivity index (χ2n) is 10.7. The highest BCUT2D eigenvalue weighted by Gasteiger charge is 2.40. The van der Waals surface area contributed by atoms with Crippen molar-refractivity contribution in [3.8, 4) is 0 Å². The summed E-state index contributed by atoms with van der Waals surface area (Å²) in [5, 5.41) is 0. The minimum atomic E-state index is -4.16. The molecule has 9 nitrogen and oxygen atoms in total. The van der Waals surface area contributed by atoms with E-state index in [-0.39, 0.29) is 29.5 Å². The average molecular weight is 511 g/mol. The van der Waals surface area contributed by atoms with Crippen molar-refractivity contribution >= 4 is 27.9 Å². The Morgan fingerprint density at radius 3 is 2.06 bits per heavy atom. The third kappa shape index (κ3) is 8.92. The topological polar surface area (TPSA) is 119 Å². The standard InChI is InChI=1S/C25H38N2O7S/c1-8-33-22(29)16-27(18-11-12-18)23(30)20(15-21(28)34-25(5,6)7)26-35(31,32)19-13-9-17(10-14-19)24(2,3)4/h9-10,13-14,18,20,26H,8,11-12,15-16H2,1-7H3/t20-/m0/s1. The molecule has 1 N–H and O–H groups in total. The van der Waals surface area contributed by atoms with E-state index >= 15 is 0 Å². The molecule has 0 aromatic heterocycles. The SMILES string of the molecule is CCOC(=O)CN(C(=O)[C@H](CC(=O)OC(C)(C)C)NS(=O)(=O)c1ccc(C(C)(C)C)cc1)C1CC1. The maximum atomic E-state index is 13.4. The molecule has 1 aliphatic carbocycles. The number of sulfonamides is 1. The Kier molecular flexibility index (Phi) is 9.10. The van der Waals surface area contributed by atoms with Gasteiger partial charge < -0.3 is 14.4 Å². The Morgan fingerprint density at radius 2 is 1.60 bits per heavy atom. The summed E-state index contributed by atoms with van der Waals surface area (Å²) in [5.74, 6) is -1.99. The number of carbonyl (C=O) groups is 3. The first-order valence-electron chi connectivity index (χ1n) is 11.8. The van der Waals surface area contributed by atoms with E-state index in [1.165, 1.54) is 17.0 Å². The van der Waals surface area contributed by atoms with Gasteiger partial charge in [-0.05, 0) is 63.6 Å². The number of benzene rings is 1. The number of carbonyl (C=O) groups excluding carboxylic acids is 3. The number of rotatable bonds is 10. The molecule has 0 radical (unpaired) electrons. The van der Waals surface area contributed by atoms with E-state index in [1.54, 1.807) is 39.8 Å². The van der Waals surface area contributed by atoms with Crippen LogP contribution in [0.3, 0.4) is 0 Å². The van der Waals surface area contributed by atoms with Gasteiger partial charge in [-0.3, -0.25) is 14.4 Å². The first kappa shape index (κ1) is 28.8. The van der Waals surface area contributed by atoms with Gasteiger partial charge in [-0.15, -0.1) is 0 Å². The predicted molar refractivity (Wildman–Crippen MR) is 131 cm³/mol. The van der Waals surface area contributed by atoms with Crippen molar-refractivity contribution in [1.82, 2.24) is 9.62 Å². The predicted octanol–water partition coefficient (Wildman–Crippen LogP) is 2.92. The van der Waals surface area contributed by atoms with Gasteiger partial charge in [-0.2, -0.15) is 4.72 Å². The second-order valence-corrected chi connectivity index (χ2v) is 12.5. The van der Waals surface area contributed by atoms with Crippen molar-refractivity contribution in [2.75, 3.05) is 13.2 Å². The molecule has 35 heavy (non-hydrogen) atoms. The first-order valence-corrected chi connectivity index (χ1v) is 13.3. The molecule has 2 rings (SSSR count). The zero-order valence-electron chi connectivity index (χ0n) is 21.7. The Morgan fingerprint density at radius 1 is 1.03 bits per heavy atom. The lowest BCUT2D eigenvalue weighted by molar-refractivity contribution is -0.157. The quantitative estimate of drug-likeness (QED) is 0.481. The van der Waals surface area contributed by atoms with Crippen LogP contribution in [0.15, 0.2) is 29.2 Å². The van der Waals surface area contributed by atoms with Crippen LogP contribution in [0.5, 0.6) is 0 Å². The van der Waals surface area contributed by atoms with Crippen LogP contribution >= 0.6 is 0 Å². The number of hydrogen-bond acceptors (Lipinski definition) is 7. The fraction of sp³-hybridized carbons (Fsp3) is 0.640. The van der Waals surface area contributed by atoms with Gasteiger partial charge in [-0.1, -0.05) is 32.9 Å². The summed E-state index contributed by atoms with van der Waals surface area (Å²) in [7, 11) is -4.16. The third-order valence-corrected chi connectivity index (χ3v) is 6.78. The van der Waals surface area contributed by atoms with Crippen LogP contribution in [0, 0.1) is 0 Å². The summed E-state index contributed by atoms with van der Waals surface area (Å²) >= 11 is 0. The summed E-state index contributed by atoms with van der Waals surface area (Å²) in [6.45, 7) is 12.6. The zero-order chi connectivity index (χ0) is 26.6. The monoisotopic (exact) mass is 510 g/mol. The molecular weight excluding hydrogens is 472 g/mol. The summed E-state index contributed by atoms with van der Waals surface area (Å²) < 4.78 is 39.0. The van der Waals surface area contributed by atoms with Crippen LogP contribution < -0.4 is 4.72 Å². The van der Waals surface area contributed by atoms with Gasteiger partial charge >= 0.3 is 11.9 Å². The van der Waals surface area contributed by atoms with Crippen LogP contribution in [0.2, 0.25) is 0 Å². The Hall–Kier alpha value is -2.46. The van der Waals surface area contributed by atoms with Crippen molar-refractivity contribution in [2.45, 2.75) is 95.7 Å². The van der Waals surface area contributed by atoms with Gasteiger partial charge in [0, 0.05) is 6.04 Å². The Bertz CT molecular complexity index is 1020. The van der Waals surface area contributed by atoms with Crippen LogP contribution in [-0.4, -0.2) is 62.0 Å². The fourth-order valence-corrected chi connectivity index (χ4v) is 4.63. The molecule has 1 amide bonds. The minimum Gasteiger partial charge on any atom is -0.465 e. The largest absolute Gasteiger partial charge is 0.465 e. The molecule has 0 unspecified atom stereocenters. The highest BCUT2D eigenvalue weighted by atomic mass is 32.2. The minimum absolute atomic E-state index is 0.0316. The first-order chi connectivity index (χ1) is 16.0. The molecule has 0 heterocycles. The second kappa shape index (κ2) is 11.1.